The predicted molar refractivity (Wildman–Crippen MR) is 89.0 cm³/mol. The van der Waals surface area contributed by atoms with Crippen molar-refractivity contribution in [3.63, 3.8) is 0 Å². The maximum absolute atomic E-state index is 12.7. The Bertz CT molecular complexity index is 469. The number of carbonyl (C=O) groups excluding carboxylic acids is 1. The molecule has 0 saturated heterocycles. The van der Waals surface area contributed by atoms with Gasteiger partial charge < -0.3 is 10.2 Å². The Morgan fingerprint density at radius 2 is 1.90 bits per heavy atom. The third kappa shape index (κ3) is 4.73. The van der Waals surface area contributed by atoms with Crippen molar-refractivity contribution in [3.8, 4) is 0 Å². The molecule has 1 aromatic heterocycles. The molecule has 0 atom stereocenters. The van der Waals surface area contributed by atoms with Crippen LogP contribution in [0.4, 0.5) is 5.82 Å². The van der Waals surface area contributed by atoms with E-state index < -0.39 is 0 Å². The molecular weight excluding hydrogens is 262 g/mol. The number of anilines is 1. The fourth-order valence-corrected chi connectivity index (χ4v) is 2.22. The molecule has 4 heteroatoms. The molecular formula is C17H29N3O. The fraction of sp³-hybridized carbons (Fsp3) is 0.647. The first-order valence-electron chi connectivity index (χ1n) is 7.97. The quantitative estimate of drug-likeness (QED) is 0.828. The zero-order valence-electron chi connectivity index (χ0n) is 14.2. The molecule has 1 heterocycles. The zero-order valence-corrected chi connectivity index (χ0v) is 14.2. The summed E-state index contributed by atoms with van der Waals surface area (Å²) >= 11 is 0. The molecule has 0 aliphatic rings. The molecule has 0 aliphatic carbocycles. The number of nitrogens with zero attached hydrogens (tertiary/aromatic N) is 2. The lowest BCUT2D eigenvalue weighted by molar-refractivity contribution is 0.0716. The van der Waals surface area contributed by atoms with E-state index in [0.717, 1.165) is 30.0 Å². The molecule has 0 spiro atoms. The second-order valence-electron chi connectivity index (χ2n) is 5.93. The van der Waals surface area contributed by atoms with Crippen LogP contribution in [0, 0.1) is 0 Å². The first-order chi connectivity index (χ1) is 9.90. The number of hydrogen-bond acceptors (Lipinski definition) is 3. The van der Waals surface area contributed by atoms with Gasteiger partial charge in [-0.3, -0.25) is 4.79 Å². The van der Waals surface area contributed by atoms with Gasteiger partial charge in [-0.05, 0) is 45.2 Å². The van der Waals surface area contributed by atoms with Gasteiger partial charge >= 0.3 is 0 Å². The maximum atomic E-state index is 12.7. The summed E-state index contributed by atoms with van der Waals surface area (Å²) in [5.41, 5.74) is 1.68. The summed E-state index contributed by atoms with van der Waals surface area (Å²) < 4.78 is 0. The molecule has 0 radical (unpaired) electrons. The van der Waals surface area contributed by atoms with E-state index in [1.54, 1.807) is 0 Å². The van der Waals surface area contributed by atoms with Crippen LogP contribution in [0.3, 0.4) is 0 Å². The van der Waals surface area contributed by atoms with Crippen LogP contribution in [0.5, 0.6) is 0 Å². The Morgan fingerprint density at radius 1 is 1.24 bits per heavy atom. The van der Waals surface area contributed by atoms with Crippen molar-refractivity contribution in [3.05, 3.63) is 23.4 Å². The highest BCUT2D eigenvalue weighted by atomic mass is 16.2. The minimum Gasteiger partial charge on any atom is -0.370 e. The molecule has 1 rings (SSSR count). The van der Waals surface area contributed by atoms with E-state index in [-0.39, 0.29) is 11.9 Å². The molecule has 1 amide bonds. The highest BCUT2D eigenvalue weighted by Gasteiger charge is 2.19. The van der Waals surface area contributed by atoms with Gasteiger partial charge in [0.1, 0.15) is 5.82 Å². The second kappa shape index (κ2) is 8.01. The molecule has 21 heavy (non-hydrogen) atoms. The minimum absolute atomic E-state index is 0.0800. The standard InChI is InChI=1S/C17H29N3O/c1-7-9-18-16-11-14(10-15(19-16)12(3)4)17(21)20(8-2)13(5)6/h10-13H,7-9H2,1-6H3,(H,18,19). The number of aromatic nitrogens is 1. The van der Waals surface area contributed by atoms with Crippen molar-refractivity contribution in [1.29, 1.82) is 0 Å². The molecule has 118 valence electrons. The van der Waals surface area contributed by atoms with Crippen molar-refractivity contribution < 1.29 is 4.79 Å². The Labute approximate surface area is 129 Å². The molecule has 0 aliphatic heterocycles. The van der Waals surface area contributed by atoms with Crippen LogP contribution in [-0.4, -0.2) is 34.9 Å². The topological polar surface area (TPSA) is 45.2 Å². The van der Waals surface area contributed by atoms with Crippen molar-refractivity contribution in [2.75, 3.05) is 18.4 Å². The molecule has 0 saturated carbocycles. The van der Waals surface area contributed by atoms with Crippen molar-refractivity contribution >= 4 is 11.7 Å². The van der Waals surface area contributed by atoms with Gasteiger partial charge in [-0.25, -0.2) is 4.98 Å². The third-order valence-corrected chi connectivity index (χ3v) is 3.46. The van der Waals surface area contributed by atoms with Crippen molar-refractivity contribution in [2.45, 2.75) is 59.9 Å². The lowest BCUT2D eigenvalue weighted by atomic mass is 10.1. The largest absolute Gasteiger partial charge is 0.370 e. The normalized spacial score (nSPS) is 11.0. The summed E-state index contributed by atoms with van der Waals surface area (Å²) in [5, 5.41) is 3.29. The minimum atomic E-state index is 0.0800. The van der Waals surface area contributed by atoms with Crippen LogP contribution < -0.4 is 5.32 Å². The molecule has 1 aromatic rings. The zero-order chi connectivity index (χ0) is 16.0. The molecule has 1 N–H and O–H groups in total. The third-order valence-electron chi connectivity index (χ3n) is 3.46. The number of rotatable bonds is 7. The number of amides is 1. The Morgan fingerprint density at radius 3 is 2.38 bits per heavy atom. The average Bonchev–Trinajstić information content (AvgIpc) is 2.44. The van der Waals surface area contributed by atoms with Gasteiger partial charge in [-0.15, -0.1) is 0 Å². The predicted octanol–water partition coefficient (Wildman–Crippen LogP) is 3.90. The lowest BCUT2D eigenvalue weighted by Gasteiger charge is -2.25. The summed E-state index contributed by atoms with van der Waals surface area (Å²) in [6.07, 6.45) is 1.03. The van der Waals surface area contributed by atoms with Crippen LogP contribution in [0.2, 0.25) is 0 Å². The lowest BCUT2D eigenvalue weighted by Crippen LogP contribution is -2.36. The van der Waals surface area contributed by atoms with Crippen molar-refractivity contribution in [2.24, 2.45) is 0 Å². The Hall–Kier alpha value is -1.58. The monoisotopic (exact) mass is 291 g/mol. The molecule has 0 aromatic carbocycles. The smallest absolute Gasteiger partial charge is 0.254 e. The highest BCUT2D eigenvalue weighted by Crippen LogP contribution is 2.19. The first kappa shape index (κ1) is 17.5. The second-order valence-corrected chi connectivity index (χ2v) is 5.93. The average molecular weight is 291 g/mol. The van der Waals surface area contributed by atoms with Gasteiger partial charge in [-0.2, -0.15) is 0 Å². The van der Waals surface area contributed by atoms with E-state index in [9.17, 15) is 4.79 Å². The van der Waals surface area contributed by atoms with E-state index in [0.29, 0.717) is 12.5 Å². The van der Waals surface area contributed by atoms with Crippen LogP contribution in [0.25, 0.3) is 0 Å². The SMILES string of the molecule is CCCNc1cc(C(=O)N(CC)C(C)C)cc(C(C)C)n1. The van der Waals surface area contributed by atoms with E-state index in [4.69, 9.17) is 0 Å². The van der Waals surface area contributed by atoms with E-state index in [1.807, 2.05) is 37.8 Å². The van der Waals surface area contributed by atoms with Crippen LogP contribution >= 0.6 is 0 Å². The maximum Gasteiger partial charge on any atom is 0.254 e. The Balaban J connectivity index is 3.14. The van der Waals surface area contributed by atoms with Gasteiger partial charge in [0.05, 0.1) is 0 Å². The fourth-order valence-electron chi connectivity index (χ4n) is 2.22. The van der Waals surface area contributed by atoms with Gasteiger partial charge in [-0.1, -0.05) is 20.8 Å². The van der Waals surface area contributed by atoms with Gasteiger partial charge in [0.15, 0.2) is 0 Å². The summed E-state index contributed by atoms with van der Waals surface area (Å²) in [5.74, 6) is 1.18. The summed E-state index contributed by atoms with van der Waals surface area (Å²) in [7, 11) is 0. The molecule has 0 bridgehead atoms. The molecule has 0 unspecified atom stereocenters. The van der Waals surface area contributed by atoms with E-state index >= 15 is 0 Å². The number of nitrogens with one attached hydrogen (secondary N) is 1. The summed E-state index contributed by atoms with van der Waals surface area (Å²) in [6, 6.07) is 3.99. The van der Waals surface area contributed by atoms with Crippen LogP contribution in [-0.2, 0) is 0 Å². The molecule has 0 fully saturated rings. The number of carbonyl (C=O) groups is 1. The van der Waals surface area contributed by atoms with Crippen LogP contribution in [0.15, 0.2) is 12.1 Å². The Kier molecular flexibility index (Phi) is 6.66. The number of pyridine rings is 1. The highest BCUT2D eigenvalue weighted by molar-refractivity contribution is 5.95. The van der Waals surface area contributed by atoms with E-state index in [2.05, 4.69) is 31.1 Å². The number of hydrogen-bond donors (Lipinski definition) is 1. The van der Waals surface area contributed by atoms with Gasteiger partial charge in [0, 0.05) is 30.4 Å². The summed E-state index contributed by atoms with van der Waals surface area (Å²) in [6.45, 7) is 14.0. The van der Waals surface area contributed by atoms with Crippen molar-refractivity contribution in [1.82, 2.24) is 9.88 Å². The summed E-state index contributed by atoms with van der Waals surface area (Å²) in [4.78, 5) is 19.2. The van der Waals surface area contributed by atoms with E-state index in [1.165, 1.54) is 0 Å². The van der Waals surface area contributed by atoms with Gasteiger partial charge in [0.2, 0.25) is 0 Å². The molecule has 4 nitrogen and oxygen atoms in total. The van der Waals surface area contributed by atoms with Gasteiger partial charge in [0.25, 0.3) is 5.91 Å². The van der Waals surface area contributed by atoms with Crippen LogP contribution in [0.1, 0.15) is 69.9 Å². The first-order valence-corrected chi connectivity index (χ1v) is 7.97.